The zero-order chi connectivity index (χ0) is 20.7. The van der Waals surface area contributed by atoms with Crippen LogP contribution in [0.5, 0.6) is 0 Å². The van der Waals surface area contributed by atoms with Crippen molar-refractivity contribution < 1.29 is 27.4 Å². The summed E-state index contributed by atoms with van der Waals surface area (Å²) in [6.45, 7) is 10.9. The first-order chi connectivity index (χ1) is 12.4. The van der Waals surface area contributed by atoms with Gasteiger partial charge in [0.15, 0.2) is 0 Å². The Morgan fingerprint density at radius 1 is 1.15 bits per heavy atom. The van der Waals surface area contributed by atoms with E-state index in [0.717, 1.165) is 25.3 Å². The molecule has 1 aromatic carbocycles. The van der Waals surface area contributed by atoms with Crippen LogP contribution in [-0.2, 0) is 22.1 Å². The molecule has 1 aliphatic heterocycles. The van der Waals surface area contributed by atoms with Crippen LogP contribution < -0.4 is 5.32 Å². The summed E-state index contributed by atoms with van der Waals surface area (Å²) in [6, 6.07) is 3.56. The molecule has 0 bridgehead atoms. The van der Waals surface area contributed by atoms with Crippen molar-refractivity contribution in [2.24, 2.45) is 5.92 Å². The summed E-state index contributed by atoms with van der Waals surface area (Å²) in [6.07, 6.45) is -2.19. The molecule has 1 amide bonds. The van der Waals surface area contributed by atoms with Crippen LogP contribution in [-0.4, -0.2) is 24.9 Å². The summed E-state index contributed by atoms with van der Waals surface area (Å²) < 4.78 is 48.9. The molecule has 0 atom stereocenters. The van der Waals surface area contributed by atoms with E-state index in [4.69, 9.17) is 9.47 Å². The lowest BCUT2D eigenvalue weighted by Gasteiger charge is -2.20. The van der Waals surface area contributed by atoms with E-state index in [0.29, 0.717) is 12.0 Å². The van der Waals surface area contributed by atoms with Crippen molar-refractivity contribution in [1.82, 2.24) is 0 Å². The van der Waals surface area contributed by atoms with Crippen molar-refractivity contribution in [2.75, 3.05) is 18.5 Å². The maximum atomic E-state index is 12.9. The Hall–Kier alpha value is -1.76. The quantitative estimate of drug-likeness (QED) is 0.685. The largest absolute Gasteiger partial charge is 0.444 e. The van der Waals surface area contributed by atoms with Gasteiger partial charge in [-0.2, -0.15) is 13.2 Å². The van der Waals surface area contributed by atoms with Gasteiger partial charge in [-0.1, -0.05) is 13.8 Å². The van der Waals surface area contributed by atoms with E-state index in [2.05, 4.69) is 5.32 Å². The third kappa shape index (κ3) is 10.2. The summed E-state index contributed by atoms with van der Waals surface area (Å²) in [5, 5.41) is 2.36. The first kappa shape index (κ1) is 23.3. The van der Waals surface area contributed by atoms with E-state index in [-0.39, 0.29) is 11.6 Å². The predicted molar refractivity (Wildman–Crippen MR) is 99.9 cm³/mol. The number of hydrogen-bond acceptors (Lipinski definition) is 3. The lowest BCUT2D eigenvalue weighted by molar-refractivity contribution is -0.137. The molecular weight excluding hydrogens is 359 g/mol. The highest BCUT2D eigenvalue weighted by molar-refractivity contribution is 5.85. The number of nitrogens with one attached hydrogen (secondary N) is 1. The van der Waals surface area contributed by atoms with Gasteiger partial charge in [-0.25, -0.2) is 4.79 Å². The van der Waals surface area contributed by atoms with E-state index in [9.17, 15) is 18.0 Å². The Labute approximate surface area is 159 Å². The number of benzene rings is 1. The van der Waals surface area contributed by atoms with Crippen molar-refractivity contribution in [3.8, 4) is 0 Å². The lowest BCUT2D eigenvalue weighted by atomic mass is 10.00. The van der Waals surface area contributed by atoms with Crippen LogP contribution >= 0.6 is 0 Å². The van der Waals surface area contributed by atoms with Gasteiger partial charge in [0.1, 0.15) is 5.60 Å². The van der Waals surface area contributed by atoms with Gasteiger partial charge in [0.05, 0.1) is 5.56 Å². The van der Waals surface area contributed by atoms with Crippen molar-refractivity contribution in [2.45, 2.75) is 65.7 Å². The number of alkyl halides is 3. The van der Waals surface area contributed by atoms with Crippen LogP contribution in [0.25, 0.3) is 0 Å². The molecule has 1 aliphatic rings. The van der Waals surface area contributed by atoms with E-state index in [1.165, 1.54) is 12.8 Å². The molecule has 27 heavy (non-hydrogen) atoms. The van der Waals surface area contributed by atoms with E-state index < -0.39 is 23.4 Å². The van der Waals surface area contributed by atoms with Gasteiger partial charge in [-0.3, -0.25) is 5.32 Å². The topological polar surface area (TPSA) is 47.6 Å². The third-order valence-corrected chi connectivity index (χ3v) is 3.44. The van der Waals surface area contributed by atoms with E-state index in [1.807, 2.05) is 13.8 Å². The molecule has 2 rings (SSSR count). The van der Waals surface area contributed by atoms with Crippen molar-refractivity contribution in [1.29, 1.82) is 0 Å². The average molecular weight is 389 g/mol. The average Bonchev–Trinajstić information content (AvgIpc) is 3.02. The Morgan fingerprint density at radius 2 is 1.74 bits per heavy atom. The minimum absolute atomic E-state index is 0.0831. The number of amides is 1. The molecule has 1 saturated heterocycles. The van der Waals surface area contributed by atoms with Crippen LogP contribution in [0, 0.1) is 5.92 Å². The number of halogens is 3. The minimum atomic E-state index is -4.46. The first-order valence-electron chi connectivity index (χ1n) is 9.16. The molecule has 7 heteroatoms. The fourth-order valence-corrected chi connectivity index (χ4v) is 2.45. The Kier molecular flexibility index (Phi) is 8.59. The SMILES string of the molecule is C1CCOC1.CC(C)Cc1cc(NC(=O)OC(C)(C)C)cc(C(F)(F)F)c1. The predicted octanol–water partition coefficient (Wildman–Crippen LogP) is 6.05. The summed E-state index contributed by atoms with van der Waals surface area (Å²) in [5.41, 5.74) is -0.890. The number of rotatable bonds is 3. The second kappa shape index (κ2) is 9.97. The lowest BCUT2D eigenvalue weighted by Crippen LogP contribution is -2.27. The third-order valence-electron chi connectivity index (χ3n) is 3.44. The summed E-state index contributed by atoms with van der Waals surface area (Å²) in [4.78, 5) is 11.7. The molecule has 0 aromatic heterocycles. The Balaban J connectivity index is 0.000000625. The molecule has 154 valence electrons. The number of anilines is 1. The Morgan fingerprint density at radius 3 is 2.15 bits per heavy atom. The normalized spacial score (nSPS) is 14.6. The number of carbonyl (C=O) groups excluding carboxylic acids is 1. The van der Waals surface area contributed by atoms with Gasteiger partial charge >= 0.3 is 12.3 Å². The standard InChI is InChI=1S/C16H22F3NO2.C4H8O/c1-10(2)6-11-7-12(16(17,18)19)9-13(8-11)20-14(21)22-15(3,4)5;1-2-4-5-3-1/h7-10H,6H2,1-5H3,(H,20,21);1-4H2. The van der Waals surface area contributed by atoms with Gasteiger partial charge in [-0.05, 0) is 69.7 Å². The molecule has 0 aliphatic carbocycles. The first-order valence-corrected chi connectivity index (χ1v) is 9.16. The van der Waals surface area contributed by atoms with Crippen LogP contribution in [0.15, 0.2) is 18.2 Å². The Bertz CT molecular complexity index is 596. The molecule has 1 aromatic rings. The van der Waals surface area contributed by atoms with Gasteiger partial charge in [-0.15, -0.1) is 0 Å². The summed E-state index contributed by atoms with van der Waals surface area (Å²) in [7, 11) is 0. The molecule has 0 spiro atoms. The van der Waals surface area contributed by atoms with E-state index >= 15 is 0 Å². The molecule has 1 fully saturated rings. The maximum absolute atomic E-state index is 12.9. The molecule has 1 heterocycles. The summed E-state index contributed by atoms with van der Waals surface area (Å²) in [5.74, 6) is 0.206. The molecule has 1 N–H and O–H groups in total. The molecule has 0 saturated carbocycles. The zero-order valence-electron chi connectivity index (χ0n) is 16.7. The second-order valence-corrected chi connectivity index (χ2v) is 7.96. The highest BCUT2D eigenvalue weighted by Crippen LogP contribution is 2.32. The maximum Gasteiger partial charge on any atom is 0.416 e. The highest BCUT2D eigenvalue weighted by Gasteiger charge is 2.31. The van der Waals surface area contributed by atoms with Crippen LogP contribution in [0.2, 0.25) is 0 Å². The van der Waals surface area contributed by atoms with Gasteiger partial charge in [0.2, 0.25) is 0 Å². The number of ether oxygens (including phenoxy) is 2. The van der Waals surface area contributed by atoms with Gasteiger partial charge in [0.25, 0.3) is 0 Å². The highest BCUT2D eigenvalue weighted by atomic mass is 19.4. The zero-order valence-corrected chi connectivity index (χ0v) is 16.7. The van der Waals surface area contributed by atoms with Gasteiger partial charge < -0.3 is 9.47 Å². The molecular formula is C20H30F3NO3. The van der Waals surface area contributed by atoms with Crippen molar-refractivity contribution >= 4 is 11.8 Å². The number of hydrogen-bond donors (Lipinski definition) is 1. The fourth-order valence-electron chi connectivity index (χ4n) is 2.45. The minimum Gasteiger partial charge on any atom is -0.444 e. The number of carbonyl (C=O) groups is 1. The van der Waals surface area contributed by atoms with Crippen LogP contribution in [0.4, 0.5) is 23.7 Å². The van der Waals surface area contributed by atoms with Crippen LogP contribution in [0.1, 0.15) is 58.6 Å². The smallest absolute Gasteiger partial charge is 0.416 e. The second-order valence-electron chi connectivity index (χ2n) is 7.96. The van der Waals surface area contributed by atoms with E-state index in [1.54, 1.807) is 26.8 Å². The summed E-state index contributed by atoms with van der Waals surface area (Å²) >= 11 is 0. The fraction of sp³-hybridized carbons (Fsp3) is 0.650. The van der Waals surface area contributed by atoms with Gasteiger partial charge in [0, 0.05) is 18.9 Å². The molecule has 4 nitrogen and oxygen atoms in total. The van der Waals surface area contributed by atoms with Crippen LogP contribution in [0.3, 0.4) is 0 Å². The van der Waals surface area contributed by atoms with Crippen molar-refractivity contribution in [3.63, 3.8) is 0 Å². The molecule has 0 unspecified atom stereocenters. The van der Waals surface area contributed by atoms with Crippen molar-refractivity contribution in [3.05, 3.63) is 29.3 Å². The molecule has 0 radical (unpaired) electrons. The monoisotopic (exact) mass is 389 g/mol.